The molecule has 1 aliphatic rings. The van der Waals surface area contributed by atoms with Crippen molar-refractivity contribution in [3.8, 4) is 0 Å². The first-order valence-electron chi connectivity index (χ1n) is 7.71. The molecule has 0 aromatic heterocycles. The fraction of sp³-hybridized carbons (Fsp3) is 0.0526. The van der Waals surface area contributed by atoms with Crippen molar-refractivity contribution in [1.82, 2.24) is 0 Å². The number of amides is 1. The zero-order chi connectivity index (χ0) is 18.7. The average molecular weight is 382 g/mol. The van der Waals surface area contributed by atoms with E-state index in [1.165, 1.54) is 28.8 Å². The third kappa shape index (κ3) is 3.89. The van der Waals surface area contributed by atoms with Gasteiger partial charge in [0.15, 0.2) is 4.32 Å². The number of nitrogens with zero attached hydrogens (tertiary/aromatic N) is 2. The number of non-ortho nitro benzene ring substituents is 1. The molecular formula is C19H14N2O3S2. The van der Waals surface area contributed by atoms with Crippen LogP contribution in [0.5, 0.6) is 0 Å². The second-order valence-corrected chi connectivity index (χ2v) is 7.26. The van der Waals surface area contributed by atoms with Crippen molar-refractivity contribution in [1.29, 1.82) is 0 Å². The maximum Gasteiger partial charge on any atom is 0.270 e. The number of anilines is 1. The van der Waals surface area contributed by atoms with Crippen LogP contribution in [-0.2, 0) is 4.79 Å². The van der Waals surface area contributed by atoms with E-state index in [4.69, 9.17) is 12.2 Å². The van der Waals surface area contributed by atoms with Crippen LogP contribution in [0.3, 0.4) is 0 Å². The lowest BCUT2D eigenvalue weighted by molar-refractivity contribution is -0.384. The summed E-state index contributed by atoms with van der Waals surface area (Å²) in [5.74, 6) is -0.155. The summed E-state index contributed by atoms with van der Waals surface area (Å²) in [6.45, 7) is 1.98. The van der Waals surface area contributed by atoms with E-state index in [-0.39, 0.29) is 11.6 Å². The van der Waals surface area contributed by atoms with Gasteiger partial charge in [0.1, 0.15) is 0 Å². The Kier molecular flexibility index (Phi) is 5.29. The monoisotopic (exact) mass is 382 g/mol. The molecule has 3 rings (SSSR count). The Balaban J connectivity index is 1.75. The first-order chi connectivity index (χ1) is 12.5. The standard InChI is InChI=1S/C19H14N2O3S2/c1-13-5-9-15(10-6-13)20-18(22)17(26-19(20)25)4-2-3-14-7-11-16(12-8-14)21(23)24/h2-12H,1H3/b3-2+,17-4-. The summed E-state index contributed by atoms with van der Waals surface area (Å²) in [6.07, 6.45) is 5.22. The minimum atomic E-state index is -0.441. The maximum absolute atomic E-state index is 12.6. The third-order valence-corrected chi connectivity index (χ3v) is 5.05. The van der Waals surface area contributed by atoms with Gasteiger partial charge in [0.25, 0.3) is 11.6 Å². The van der Waals surface area contributed by atoms with Gasteiger partial charge in [0.05, 0.1) is 15.5 Å². The highest BCUT2D eigenvalue weighted by molar-refractivity contribution is 8.27. The number of nitro groups is 1. The van der Waals surface area contributed by atoms with Crippen LogP contribution in [0.1, 0.15) is 11.1 Å². The van der Waals surface area contributed by atoms with Crippen LogP contribution >= 0.6 is 24.0 Å². The molecule has 2 aromatic carbocycles. The number of aryl methyl sites for hydroxylation is 1. The third-order valence-electron chi connectivity index (χ3n) is 3.73. The van der Waals surface area contributed by atoms with Gasteiger partial charge in [-0.25, -0.2) is 0 Å². The smallest absolute Gasteiger partial charge is 0.268 e. The number of carbonyl (C=O) groups is 1. The Bertz CT molecular complexity index is 932. The molecule has 0 unspecified atom stereocenters. The highest BCUT2D eigenvalue weighted by Crippen LogP contribution is 2.34. The number of carbonyl (C=O) groups excluding carboxylic acids is 1. The van der Waals surface area contributed by atoms with Gasteiger partial charge in [-0.05, 0) is 42.8 Å². The van der Waals surface area contributed by atoms with Crippen LogP contribution in [0.2, 0.25) is 0 Å². The predicted molar refractivity (Wildman–Crippen MR) is 109 cm³/mol. The Morgan fingerprint density at radius 3 is 2.38 bits per heavy atom. The molecule has 1 amide bonds. The topological polar surface area (TPSA) is 63.5 Å². The first kappa shape index (κ1) is 18.0. The molecule has 0 radical (unpaired) electrons. The van der Waals surface area contributed by atoms with Crippen molar-refractivity contribution in [3.63, 3.8) is 0 Å². The molecule has 0 spiro atoms. The maximum atomic E-state index is 12.6. The molecule has 1 aliphatic heterocycles. The van der Waals surface area contributed by atoms with Crippen LogP contribution in [0.4, 0.5) is 11.4 Å². The van der Waals surface area contributed by atoms with E-state index in [2.05, 4.69) is 0 Å². The molecule has 2 aromatic rings. The second kappa shape index (κ2) is 7.63. The Hall–Kier alpha value is -2.77. The minimum absolute atomic E-state index is 0.0427. The van der Waals surface area contributed by atoms with Gasteiger partial charge in [-0.2, -0.15) is 0 Å². The highest BCUT2D eigenvalue weighted by atomic mass is 32.2. The molecule has 1 saturated heterocycles. The van der Waals surface area contributed by atoms with Crippen LogP contribution in [0.15, 0.2) is 65.6 Å². The second-order valence-electron chi connectivity index (χ2n) is 5.58. The minimum Gasteiger partial charge on any atom is -0.268 e. The molecule has 0 N–H and O–H groups in total. The number of thiocarbonyl (C=S) groups is 1. The lowest BCUT2D eigenvalue weighted by atomic mass is 10.2. The molecule has 0 bridgehead atoms. The van der Waals surface area contributed by atoms with Crippen molar-refractivity contribution in [2.75, 3.05) is 4.90 Å². The largest absolute Gasteiger partial charge is 0.270 e. The first-order valence-corrected chi connectivity index (χ1v) is 8.94. The number of allylic oxidation sites excluding steroid dienone is 2. The molecule has 1 heterocycles. The fourth-order valence-corrected chi connectivity index (χ4v) is 3.60. The average Bonchev–Trinajstić information content (AvgIpc) is 2.90. The molecule has 130 valence electrons. The predicted octanol–water partition coefficient (Wildman–Crippen LogP) is 4.87. The summed E-state index contributed by atoms with van der Waals surface area (Å²) in [4.78, 5) is 24.9. The molecule has 26 heavy (non-hydrogen) atoms. The van der Waals surface area contributed by atoms with Crippen molar-refractivity contribution in [2.45, 2.75) is 6.92 Å². The Labute approximate surface area is 160 Å². The number of nitro benzene ring substituents is 1. The van der Waals surface area contributed by atoms with E-state index in [0.29, 0.717) is 9.23 Å². The van der Waals surface area contributed by atoms with E-state index in [0.717, 1.165) is 16.8 Å². The SMILES string of the molecule is Cc1ccc(N2C(=O)/C(=C/C=C/c3ccc([N+](=O)[O-])cc3)SC2=S)cc1. The van der Waals surface area contributed by atoms with Gasteiger partial charge >= 0.3 is 0 Å². The van der Waals surface area contributed by atoms with Crippen LogP contribution in [0.25, 0.3) is 6.08 Å². The van der Waals surface area contributed by atoms with Crippen LogP contribution in [-0.4, -0.2) is 15.2 Å². The summed E-state index contributed by atoms with van der Waals surface area (Å²) < 4.78 is 0.494. The molecule has 0 atom stereocenters. The molecule has 0 aliphatic carbocycles. The summed E-state index contributed by atoms with van der Waals surface area (Å²) in [5, 5.41) is 10.7. The number of hydrogen-bond acceptors (Lipinski definition) is 5. The van der Waals surface area contributed by atoms with Gasteiger partial charge in [0, 0.05) is 12.1 Å². The summed E-state index contributed by atoms with van der Waals surface area (Å²) in [7, 11) is 0. The van der Waals surface area contributed by atoms with E-state index in [1.807, 2.05) is 31.2 Å². The summed E-state index contributed by atoms with van der Waals surface area (Å²) in [5.41, 5.74) is 2.71. The molecule has 7 heteroatoms. The van der Waals surface area contributed by atoms with Gasteiger partial charge in [-0.1, -0.05) is 53.8 Å². The van der Waals surface area contributed by atoms with Crippen LogP contribution < -0.4 is 4.90 Å². The van der Waals surface area contributed by atoms with Crippen molar-refractivity contribution >= 4 is 51.7 Å². The lowest BCUT2D eigenvalue weighted by Gasteiger charge is -2.14. The van der Waals surface area contributed by atoms with Gasteiger partial charge in [0.2, 0.25) is 0 Å². The number of hydrogen-bond donors (Lipinski definition) is 0. The number of rotatable bonds is 4. The van der Waals surface area contributed by atoms with Crippen LogP contribution in [0, 0.1) is 17.0 Å². The van der Waals surface area contributed by atoms with Gasteiger partial charge < -0.3 is 0 Å². The van der Waals surface area contributed by atoms with E-state index >= 15 is 0 Å². The highest BCUT2D eigenvalue weighted by Gasteiger charge is 2.32. The van der Waals surface area contributed by atoms with Crippen molar-refractivity contribution < 1.29 is 9.72 Å². The molecule has 0 saturated carbocycles. The Morgan fingerprint density at radius 2 is 1.77 bits per heavy atom. The zero-order valence-electron chi connectivity index (χ0n) is 13.8. The Morgan fingerprint density at radius 1 is 1.12 bits per heavy atom. The normalized spacial score (nSPS) is 16.0. The molecular weight excluding hydrogens is 368 g/mol. The summed E-state index contributed by atoms with van der Waals surface area (Å²) in [6, 6.07) is 13.8. The van der Waals surface area contributed by atoms with Gasteiger partial charge in [-0.15, -0.1) is 0 Å². The van der Waals surface area contributed by atoms with Crippen molar-refractivity contribution in [3.05, 3.63) is 86.8 Å². The van der Waals surface area contributed by atoms with Gasteiger partial charge in [-0.3, -0.25) is 19.8 Å². The van der Waals surface area contributed by atoms with E-state index in [9.17, 15) is 14.9 Å². The zero-order valence-corrected chi connectivity index (χ0v) is 15.4. The number of thioether (sulfide) groups is 1. The summed E-state index contributed by atoms with van der Waals surface area (Å²) >= 11 is 6.58. The quantitative estimate of drug-likeness (QED) is 0.327. The molecule has 5 nitrogen and oxygen atoms in total. The van der Waals surface area contributed by atoms with E-state index < -0.39 is 4.92 Å². The molecule has 1 fully saturated rings. The lowest BCUT2D eigenvalue weighted by Crippen LogP contribution is -2.27. The number of benzene rings is 2. The fourth-order valence-electron chi connectivity index (χ4n) is 2.35. The van der Waals surface area contributed by atoms with E-state index in [1.54, 1.807) is 30.4 Å². The van der Waals surface area contributed by atoms with Crippen molar-refractivity contribution in [2.24, 2.45) is 0 Å².